The van der Waals surface area contributed by atoms with Gasteiger partial charge in [0.05, 0.1) is 0 Å². The molecule has 2 atom stereocenters. The Morgan fingerprint density at radius 1 is 1.00 bits per heavy atom. The third-order valence-corrected chi connectivity index (χ3v) is 0.881. The molecule has 0 aromatic heterocycles. The Kier molecular flexibility index (Phi) is 2.38. The molecule has 0 aromatic rings. The van der Waals surface area contributed by atoms with Crippen molar-refractivity contribution in [1.29, 1.82) is 0 Å². The first kappa shape index (κ1) is 4.84. The molecule has 0 aliphatic heterocycles. The highest BCUT2D eigenvalue weighted by Gasteiger charge is 1.95. The van der Waals surface area contributed by atoms with Crippen molar-refractivity contribution < 1.29 is 2.74 Å². The molecule has 0 saturated carbocycles. The lowest BCUT2D eigenvalue weighted by molar-refractivity contribution is 0.476. The maximum atomic E-state index is 7.58. The van der Waals surface area contributed by atoms with Gasteiger partial charge in [0, 0.05) is 2.74 Å². The quantitative estimate of drug-likeness (QED) is 0.531. The lowest BCUT2D eigenvalue weighted by atomic mass is 10.0. The Balaban J connectivity index is 3.81. The van der Waals surface area contributed by atoms with E-state index in [1.165, 1.54) is 0 Å². The Morgan fingerprint density at radius 2 is 1.25 bits per heavy atom. The summed E-state index contributed by atoms with van der Waals surface area (Å²) >= 11 is 0. The second-order valence-corrected chi connectivity index (χ2v) is 2.87. The predicted molar refractivity (Wildman–Crippen MR) is 38.9 cm³/mol. The summed E-state index contributed by atoms with van der Waals surface area (Å²) in [6.45, 7) is 8.01. The Labute approximate surface area is 56.1 Å². The third kappa shape index (κ3) is 6.00. The van der Waals surface area contributed by atoms with Crippen LogP contribution >= 0.6 is 0 Å². The van der Waals surface area contributed by atoms with E-state index in [9.17, 15) is 0 Å². The molecule has 50 valence electrons. The Morgan fingerprint density at radius 3 is 1.38 bits per heavy atom. The fourth-order valence-corrected chi connectivity index (χ4v) is 0.444. The summed E-state index contributed by atoms with van der Waals surface area (Å²) in [5.74, 6) is 0.620. The van der Waals surface area contributed by atoms with Gasteiger partial charge in [-0.05, 0) is 11.8 Å². The van der Waals surface area contributed by atoms with Crippen LogP contribution in [0.15, 0.2) is 0 Å². The fraction of sp³-hybridized carbons (Fsp3) is 1.00. The minimum absolute atomic E-state index is 0.222. The van der Waals surface area contributed by atoms with Crippen molar-refractivity contribution in [3.8, 4) is 0 Å². The first-order valence-electron chi connectivity index (χ1n) is 4.46. The molecule has 0 bridgehead atoms. The molecule has 0 saturated heterocycles. The molecule has 0 fully saturated rings. The van der Waals surface area contributed by atoms with E-state index in [2.05, 4.69) is 0 Å². The fourth-order valence-electron chi connectivity index (χ4n) is 0.444. The van der Waals surface area contributed by atoms with Crippen molar-refractivity contribution in [2.24, 2.45) is 11.8 Å². The molecule has 0 amide bonds. The number of hydrogen-bond donors (Lipinski definition) is 0. The van der Waals surface area contributed by atoms with Crippen molar-refractivity contribution in [3.05, 3.63) is 0 Å². The maximum Gasteiger partial charge on any atom is 0.0269 e. The van der Waals surface area contributed by atoms with Gasteiger partial charge in [-0.25, -0.2) is 0 Å². The van der Waals surface area contributed by atoms with Crippen molar-refractivity contribution in [2.75, 3.05) is 0 Å². The molecule has 0 aliphatic rings. The van der Waals surface area contributed by atoms with E-state index in [0.29, 0.717) is 11.8 Å². The van der Waals surface area contributed by atoms with Gasteiger partial charge in [-0.1, -0.05) is 40.5 Å². The standard InChI is InChI=1S/C8H18/c1-7(2)5-6-8(3)4/h7-8H,5-6H2,1-4H3/i5D,6D. The van der Waals surface area contributed by atoms with Crippen LogP contribution in [0.5, 0.6) is 0 Å². The average Bonchev–Trinajstić information content (AvgIpc) is 1.84. The molecule has 8 heavy (non-hydrogen) atoms. The van der Waals surface area contributed by atoms with Gasteiger partial charge in [0.2, 0.25) is 0 Å². The first-order valence-corrected chi connectivity index (χ1v) is 3.31. The van der Waals surface area contributed by atoms with E-state index >= 15 is 0 Å². The zero-order valence-corrected chi connectivity index (χ0v) is 6.31. The molecule has 0 aliphatic carbocycles. The summed E-state index contributed by atoms with van der Waals surface area (Å²) in [7, 11) is 0. The van der Waals surface area contributed by atoms with Gasteiger partial charge >= 0.3 is 0 Å². The molecule has 0 radical (unpaired) electrons. The minimum atomic E-state index is -0.222. The van der Waals surface area contributed by atoms with Gasteiger partial charge in [0.15, 0.2) is 0 Å². The predicted octanol–water partition coefficient (Wildman–Crippen LogP) is 3.08. The highest BCUT2D eigenvalue weighted by Crippen LogP contribution is 2.09. The number of hydrogen-bond acceptors (Lipinski definition) is 0. The largest absolute Gasteiger partial charge is 0.0628 e. The van der Waals surface area contributed by atoms with E-state index < -0.39 is 0 Å². The zero-order valence-electron chi connectivity index (χ0n) is 8.31. The molecule has 0 nitrogen and oxygen atoms in total. The van der Waals surface area contributed by atoms with Crippen molar-refractivity contribution in [3.63, 3.8) is 0 Å². The van der Waals surface area contributed by atoms with Gasteiger partial charge in [0.1, 0.15) is 0 Å². The van der Waals surface area contributed by atoms with Crippen LogP contribution in [-0.4, -0.2) is 0 Å². The molecular formula is C8H18. The van der Waals surface area contributed by atoms with E-state index in [1.54, 1.807) is 0 Å². The number of rotatable bonds is 3. The van der Waals surface area contributed by atoms with Crippen LogP contribution in [0.2, 0.25) is 0 Å². The SMILES string of the molecule is [2H]C(C(C)C)C([2H])C(C)C. The van der Waals surface area contributed by atoms with Crippen molar-refractivity contribution in [2.45, 2.75) is 40.5 Å². The van der Waals surface area contributed by atoms with Gasteiger partial charge in [-0.3, -0.25) is 0 Å². The van der Waals surface area contributed by atoms with Gasteiger partial charge in [-0.15, -0.1) is 0 Å². The summed E-state index contributed by atoms with van der Waals surface area (Å²) in [4.78, 5) is 0. The van der Waals surface area contributed by atoms with Crippen LogP contribution in [0.3, 0.4) is 0 Å². The van der Waals surface area contributed by atoms with Crippen LogP contribution < -0.4 is 0 Å². The first-order chi connectivity index (χ1) is 4.46. The van der Waals surface area contributed by atoms with E-state index in [0.717, 1.165) is 0 Å². The minimum Gasteiger partial charge on any atom is -0.0628 e. The third-order valence-electron chi connectivity index (χ3n) is 0.881. The van der Waals surface area contributed by atoms with Gasteiger partial charge < -0.3 is 0 Å². The van der Waals surface area contributed by atoms with Crippen LogP contribution in [0.1, 0.15) is 43.2 Å². The van der Waals surface area contributed by atoms with Crippen LogP contribution in [0.25, 0.3) is 0 Å². The van der Waals surface area contributed by atoms with Crippen molar-refractivity contribution in [1.82, 2.24) is 0 Å². The lowest BCUT2D eigenvalue weighted by Crippen LogP contribution is -1.91. The summed E-state index contributed by atoms with van der Waals surface area (Å²) in [6, 6.07) is 0. The summed E-state index contributed by atoms with van der Waals surface area (Å²) in [6.07, 6.45) is -0.444. The Hall–Kier alpha value is 0. The zero-order chi connectivity index (χ0) is 8.31. The second kappa shape index (κ2) is 3.94. The van der Waals surface area contributed by atoms with Gasteiger partial charge in [0.25, 0.3) is 0 Å². The molecular weight excluding hydrogens is 96.1 g/mol. The Bertz CT molecular complexity index is 77.3. The van der Waals surface area contributed by atoms with E-state index in [1.807, 2.05) is 27.7 Å². The lowest BCUT2D eigenvalue weighted by Gasteiger charge is -2.05. The molecule has 0 heterocycles. The summed E-state index contributed by atoms with van der Waals surface area (Å²) in [5.41, 5.74) is 0. The average molecular weight is 116 g/mol. The van der Waals surface area contributed by atoms with Crippen LogP contribution in [0.4, 0.5) is 0 Å². The summed E-state index contributed by atoms with van der Waals surface area (Å²) < 4.78 is 15.2. The monoisotopic (exact) mass is 116 g/mol. The highest BCUT2D eigenvalue weighted by atomic mass is 14.0. The normalized spacial score (nSPS) is 22.8. The molecule has 0 N–H and O–H groups in total. The van der Waals surface area contributed by atoms with E-state index in [-0.39, 0.29) is 12.8 Å². The second-order valence-electron chi connectivity index (χ2n) is 2.87. The van der Waals surface area contributed by atoms with Crippen LogP contribution in [-0.2, 0) is 0 Å². The molecule has 0 rings (SSSR count). The van der Waals surface area contributed by atoms with Gasteiger partial charge in [-0.2, -0.15) is 0 Å². The van der Waals surface area contributed by atoms with E-state index in [4.69, 9.17) is 2.74 Å². The molecule has 0 heteroatoms. The molecule has 0 spiro atoms. The highest BCUT2D eigenvalue weighted by molar-refractivity contribution is 4.48. The summed E-state index contributed by atoms with van der Waals surface area (Å²) in [5, 5.41) is 0. The molecule has 2 unspecified atom stereocenters. The van der Waals surface area contributed by atoms with Crippen LogP contribution in [0, 0.1) is 11.8 Å². The topological polar surface area (TPSA) is 0 Å². The maximum absolute atomic E-state index is 7.58. The molecule has 0 aromatic carbocycles. The van der Waals surface area contributed by atoms with Crippen molar-refractivity contribution >= 4 is 0 Å². The smallest absolute Gasteiger partial charge is 0.0269 e.